The largest absolute Gasteiger partial charge is 0.324 e. The van der Waals surface area contributed by atoms with Crippen LogP contribution in [0, 0.1) is 0 Å². The number of hydrogen-bond acceptors (Lipinski definition) is 4. The van der Waals surface area contributed by atoms with Gasteiger partial charge in [0.2, 0.25) is 5.91 Å². The first-order valence-electron chi connectivity index (χ1n) is 6.41. The van der Waals surface area contributed by atoms with E-state index in [9.17, 15) is 4.79 Å². The van der Waals surface area contributed by atoms with Crippen molar-refractivity contribution in [2.24, 2.45) is 0 Å². The predicted octanol–water partition coefficient (Wildman–Crippen LogP) is 1.61. The van der Waals surface area contributed by atoms with Crippen LogP contribution in [0.15, 0.2) is 54.9 Å². The first-order chi connectivity index (χ1) is 9.83. The zero-order chi connectivity index (χ0) is 13.8. The molecule has 100 valence electrons. The number of amides is 1. The van der Waals surface area contributed by atoms with Gasteiger partial charge in [0.15, 0.2) is 0 Å². The maximum absolute atomic E-state index is 12.0. The molecule has 1 amide bonds. The Bertz CT molecular complexity index is 639. The van der Waals surface area contributed by atoms with Crippen LogP contribution in [-0.2, 0) is 4.79 Å². The Kier molecular flexibility index (Phi) is 3.52. The quantitative estimate of drug-likeness (QED) is 0.828. The minimum atomic E-state index is -0.263. The van der Waals surface area contributed by atoms with Crippen LogP contribution >= 0.6 is 0 Å². The standard InChI is InChI=1S/C15H14N4O/c20-15(13-5-3-8-17-13)19-11-6-9-18-14(10-11)12-4-1-2-7-16-12/h1-7,9-10,13,17H,8H2,(H,18,19,20)/t13-/m0/s1. The third kappa shape index (κ3) is 2.73. The summed E-state index contributed by atoms with van der Waals surface area (Å²) in [6, 6.07) is 8.97. The van der Waals surface area contributed by atoms with E-state index >= 15 is 0 Å². The number of hydrogen-bond donors (Lipinski definition) is 2. The van der Waals surface area contributed by atoms with Gasteiger partial charge in [-0.3, -0.25) is 20.1 Å². The molecule has 0 spiro atoms. The number of carbonyl (C=O) groups excluding carboxylic acids is 1. The molecule has 0 bridgehead atoms. The van der Waals surface area contributed by atoms with Gasteiger partial charge in [0.1, 0.15) is 6.04 Å². The van der Waals surface area contributed by atoms with Crippen molar-refractivity contribution in [3.63, 3.8) is 0 Å². The van der Waals surface area contributed by atoms with Gasteiger partial charge in [0.25, 0.3) is 0 Å². The Balaban J connectivity index is 1.78. The molecule has 1 atom stereocenters. The number of nitrogens with one attached hydrogen (secondary N) is 2. The lowest BCUT2D eigenvalue weighted by Crippen LogP contribution is -2.35. The fourth-order valence-corrected chi connectivity index (χ4v) is 2.03. The Labute approximate surface area is 116 Å². The van der Waals surface area contributed by atoms with Crippen molar-refractivity contribution in [2.75, 3.05) is 11.9 Å². The van der Waals surface area contributed by atoms with Crippen LogP contribution in [0.3, 0.4) is 0 Å². The van der Waals surface area contributed by atoms with Crippen molar-refractivity contribution in [2.45, 2.75) is 6.04 Å². The average molecular weight is 266 g/mol. The Morgan fingerprint density at radius 1 is 1.20 bits per heavy atom. The lowest BCUT2D eigenvalue weighted by molar-refractivity contribution is -0.116. The van der Waals surface area contributed by atoms with E-state index in [2.05, 4.69) is 20.6 Å². The fraction of sp³-hybridized carbons (Fsp3) is 0.133. The Morgan fingerprint density at radius 2 is 2.10 bits per heavy atom. The number of anilines is 1. The SMILES string of the molecule is O=C(Nc1ccnc(-c2ccccn2)c1)[C@@H]1C=CCN1. The smallest absolute Gasteiger partial charge is 0.245 e. The average Bonchev–Trinajstić information content (AvgIpc) is 3.03. The molecule has 2 aromatic rings. The molecule has 5 heteroatoms. The van der Waals surface area contributed by atoms with Crippen molar-refractivity contribution in [1.82, 2.24) is 15.3 Å². The number of aromatic nitrogens is 2. The monoisotopic (exact) mass is 266 g/mol. The summed E-state index contributed by atoms with van der Waals surface area (Å²) >= 11 is 0. The topological polar surface area (TPSA) is 66.9 Å². The zero-order valence-corrected chi connectivity index (χ0v) is 10.8. The van der Waals surface area contributed by atoms with Crippen molar-refractivity contribution in [1.29, 1.82) is 0 Å². The normalized spacial score (nSPS) is 17.1. The third-order valence-electron chi connectivity index (χ3n) is 3.02. The molecule has 0 fully saturated rings. The maximum atomic E-state index is 12.0. The van der Waals surface area contributed by atoms with Gasteiger partial charge in [0.05, 0.1) is 11.4 Å². The molecule has 0 unspecified atom stereocenters. The predicted molar refractivity (Wildman–Crippen MR) is 77.0 cm³/mol. The molecule has 2 aromatic heterocycles. The fourth-order valence-electron chi connectivity index (χ4n) is 2.03. The number of carbonyl (C=O) groups is 1. The number of pyridine rings is 2. The molecule has 3 rings (SSSR count). The van der Waals surface area contributed by atoms with Gasteiger partial charge in [-0.1, -0.05) is 18.2 Å². The molecular formula is C15H14N4O. The summed E-state index contributed by atoms with van der Waals surface area (Å²) in [5.41, 5.74) is 2.23. The highest BCUT2D eigenvalue weighted by Gasteiger charge is 2.17. The van der Waals surface area contributed by atoms with Gasteiger partial charge in [-0.25, -0.2) is 0 Å². The summed E-state index contributed by atoms with van der Waals surface area (Å²) < 4.78 is 0. The van der Waals surface area contributed by atoms with E-state index < -0.39 is 0 Å². The minimum absolute atomic E-state index is 0.0723. The van der Waals surface area contributed by atoms with Gasteiger partial charge in [0, 0.05) is 24.6 Å². The second-order valence-corrected chi connectivity index (χ2v) is 4.45. The highest BCUT2D eigenvalue weighted by atomic mass is 16.2. The van der Waals surface area contributed by atoms with Gasteiger partial charge in [-0.05, 0) is 24.3 Å². The summed E-state index contributed by atoms with van der Waals surface area (Å²) in [6.07, 6.45) is 7.18. The molecule has 0 radical (unpaired) electrons. The molecule has 1 aliphatic rings. The molecule has 1 aliphatic heterocycles. The second-order valence-electron chi connectivity index (χ2n) is 4.45. The Morgan fingerprint density at radius 3 is 2.85 bits per heavy atom. The zero-order valence-electron chi connectivity index (χ0n) is 10.8. The van der Waals surface area contributed by atoms with Crippen molar-refractivity contribution < 1.29 is 4.79 Å². The summed E-state index contributed by atoms with van der Waals surface area (Å²) in [4.78, 5) is 20.5. The van der Waals surface area contributed by atoms with Gasteiger partial charge < -0.3 is 5.32 Å². The van der Waals surface area contributed by atoms with E-state index in [1.54, 1.807) is 18.5 Å². The van der Waals surface area contributed by atoms with E-state index in [4.69, 9.17) is 0 Å². The second kappa shape index (κ2) is 5.63. The molecule has 20 heavy (non-hydrogen) atoms. The first-order valence-corrected chi connectivity index (χ1v) is 6.41. The molecule has 3 heterocycles. The summed E-state index contributed by atoms with van der Waals surface area (Å²) in [7, 11) is 0. The third-order valence-corrected chi connectivity index (χ3v) is 3.02. The molecule has 5 nitrogen and oxygen atoms in total. The van der Waals surface area contributed by atoms with E-state index in [0.717, 1.165) is 17.9 Å². The highest BCUT2D eigenvalue weighted by Crippen LogP contribution is 2.17. The lowest BCUT2D eigenvalue weighted by Gasteiger charge is -2.10. The van der Waals surface area contributed by atoms with E-state index in [1.165, 1.54) is 0 Å². The summed E-state index contributed by atoms with van der Waals surface area (Å²) in [6.45, 7) is 0.730. The molecule has 0 saturated heterocycles. The molecule has 2 N–H and O–H groups in total. The van der Waals surface area contributed by atoms with Crippen LogP contribution in [0.25, 0.3) is 11.4 Å². The van der Waals surface area contributed by atoms with Gasteiger partial charge in [-0.15, -0.1) is 0 Å². The minimum Gasteiger partial charge on any atom is -0.324 e. The van der Waals surface area contributed by atoms with Crippen LogP contribution < -0.4 is 10.6 Å². The number of nitrogens with zero attached hydrogens (tertiary/aromatic N) is 2. The van der Waals surface area contributed by atoms with Gasteiger partial charge >= 0.3 is 0 Å². The van der Waals surface area contributed by atoms with Crippen LogP contribution in [0.5, 0.6) is 0 Å². The molecular weight excluding hydrogens is 252 g/mol. The van der Waals surface area contributed by atoms with Crippen molar-refractivity contribution in [3.05, 3.63) is 54.9 Å². The van der Waals surface area contributed by atoms with Crippen molar-refractivity contribution in [3.8, 4) is 11.4 Å². The lowest BCUT2D eigenvalue weighted by atomic mass is 10.2. The Hall–Kier alpha value is -2.53. The van der Waals surface area contributed by atoms with E-state index in [-0.39, 0.29) is 11.9 Å². The van der Waals surface area contributed by atoms with Crippen LogP contribution in [0.2, 0.25) is 0 Å². The molecule has 0 saturated carbocycles. The molecule has 0 aliphatic carbocycles. The van der Waals surface area contributed by atoms with Crippen LogP contribution in [0.1, 0.15) is 0 Å². The van der Waals surface area contributed by atoms with Crippen LogP contribution in [-0.4, -0.2) is 28.5 Å². The van der Waals surface area contributed by atoms with Gasteiger partial charge in [-0.2, -0.15) is 0 Å². The summed E-state index contributed by atoms with van der Waals surface area (Å²) in [5, 5.41) is 5.95. The maximum Gasteiger partial charge on any atom is 0.245 e. The van der Waals surface area contributed by atoms with E-state index in [0.29, 0.717) is 5.69 Å². The number of rotatable bonds is 3. The van der Waals surface area contributed by atoms with E-state index in [1.807, 2.05) is 36.4 Å². The first kappa shape index (κ1) is 12.5. The summed E-state index contributed by atoms with van der Waals surface area (Å²) in [5.74, 6) is -0.0723. The van der Waals surface area contributed by atoms with Crippen LogP contribution in [0.4, 0.5) is 5.69 Å². The highest BCUT2D eigenvalue weighted by molar-refractivity contribution is 5.96. The van der Waals surface area contributed by atoms with Crippen molar-refractivity contribution >= 4 is 11.6 Å². The molecule has 0 aromatic carbocycles.